The van der Waals surface area contributed by atoms with Crippen molar-refractivity contribution >= 4 is 0 Å². The maximum atomic E-state index is 5.46. The van der Waals surface area contributed by atoms with E-state index < -0.39 is 0 Å². The standard InChI is InChI=1S/C20H15O2/c1-14-5-2-3-8-18(14)17-7-4-6-15(11-17)16-9-10-19-20(12-16)22-13-21-19/h2-12H,1,13H2. The van der Waals surface area contributed by atoms with Gasteiger partial charge in [-0.15, -0.1) is 0 Å². The minimum atomic E-state index is 0.299. The van der Waals surface area contributed by atoms with E-state index in [1.807, 2.05) is 30.3 Å². The maximum absolute atomic E-state index is 5.46. The Kier molecular flexibility index (Phi) is 3.08. The first-order chi connectivity index (χ1) is 10.8. The van der Waals surface area contributed by atoms with Gasteiger partial charge in [-0.3, -0.25) is 0 Å². The van der Waals surface area contributed by atoms with Crippen LogP contribution >= 0.6 is 0 Å². The number of rotatable bonds is 2. The predicted molar refractivity (Wildman–Crippen MR) is 87.9 cm³/mol. The van der Waals surface area contributed by atoms with E-state index >= 15 is 0 Å². The van der Waals surface area contributed by atoms with Crippen LogP contribution in [0.3, 0.4) is 0 Å². The van der Waals surface area contributed by atoms with Gasteiger partial charge < -0.3 is 9.47 Å². The minimum Gasteiger partial charge on any atom is -0.454 e. The molecule has 1 aliphatic rings. The van der Waals surface area contributed by atoms with E-state index in [9.17, 15) is 0 Å². The normalized spacial score (nSPS) is 12.4. The highest BCUT2D eigenvalue weighted by molar-refractivity contribution is 5.76. The van der Waals surface area contributed by atoms with Crippen molar-refractivity contribution in [2.75, 3.05) is 6.79 Å². The van der Waals surface area contributed by atoms with Crippen LogP contribution in [0.4, 0.5) is 0 Å². The SMILES string of the molecule is [CH2]c1ccccc1-c1cccc(-c2ccc3c(c2)OCO3)c1. The zero-order chi connectivity index (χ0) is 14.9. The van der Waals surface area contributed by atoms with Gasteiger partial charge in [-0.1, -0.05) is 48.5 Å². The van der Waals surface area contributed by atoms with Gasteiger partial charge in [-0.25, -0.2) is 0 Å². The number of fused-ring (bicyclic) bond motifs is 1. The average Bonchev–Trinajstić information content (AvgIpc) is 3.03. The lowest BCUT2D eigenvalue weighted by Crippen LogP contribution is -1.92. The predicted octanol–water partition coefficient (Wildman–Crippen LogP) is 4.93. The summed E-state index contributed by atoms with van der Waals surface area (Å²) in [5.74, 6) is 1.61. The molecule has 0 saturated heterocycles. The lowest BCUT2D eigenvalue weighted by atomic mass is 9.96. The van der Waals surface area contributed by atoms with Gasteiger partial charge in [-0.05, 0) is 52.9 Å². The first-order valence-corrected chi connectivity index (χ1v) is 7.23. The van der Waals surface area contributed by atoms with Crippen LogP contribution in [0.1, 0.15) is 5.56 Å². The summed E-state index contributed by atoms with van der Waals surface area (Å²) in [6.45, 7) is 4.41. The van der Waals surface area contributed by atoms with E-state index in [0.29, 0.717) is 6.79 Å². The Hall–Kier alpha value is -2.74. The molecule has 2 heteroatoms. The molecule has 107 valence electrons. The van der Waals surface area contributed by atoms with Gasteiger partial charge in [0.05, 0.1) is 0 Å². The van der Waals surface area contributed by atoms with E-state index in [4.69, 9.17) is 9.47 Å². The Morgan fingerprint density at radius 3 is 2.36 bits per heavy atom. The molecule has 0 aliphatic carbocycles. The van der Waals surface area contributed by atoms with Gasteiger partial charge in [0, 0.05) is 0 Å². The van der Waals surface area contributed by atoms with Gasteiger partial charge in [0.15, 0.2) is 11.5 Å². The van der Waals surface area contributed by atoms with Crippen molar-refractivity contribution in [1.82, 2.24) is 0 Å². The quantitative estimate of drug-likeness (QED) is 0.665. The van der Waals surface area contributed by atoms with Gasteiger partial charge >= 0.3 is 0 Å². The highest BCUT2D eigenvalue weighted by Crippen LogP contribution is 2.36. The van der Waals surface area contributed by atoms with Crippen LogP contribution < -0.4 is 9.47 Å². The van der Waals surface area contributed by atoms with Crippen LogP contribution in [0.2, 0.25) is 0 Å². The summed E-state index contributed by atoms with van der Waals surface area (Å²) in [4.78, 5) is 0. The molecule has 3 aromatic rings. The smallest absolute Gasteiger partial charge is 0.231 e. The van der Waals surface area contributed by atoms with Crippen molar-refractivity contribution in [1.29, 1.82) is 0 Å². The van der Waals surface area contributed by atoms with Crippen LogP contribution in [-0.4, -0.2) is 6.79 Å². The van der Waals surface area contributed by atoms with Gasteiger partial charge in [-0.2, -0.15) is 0 Å². The fourth-order valence-electron chi connectivity index (χ4n) is 2.74. The second kappa shape index (κ2) is 5.23. The third-order valence-corrected chi connectivity index (χ3v) is 3.90. The fraction of sp³-hybridized carbons (Fsp3) is 0.0500. The van der Waals surface area contributed by atoms with Crippen molar-refractivity contribution in [3.05, 3.63) is 79.2 Å². The van der Waals surface area contributed by atoms with Crippen molar-refractivity contribution in [3.63, 3.8) is 0 Å². The molecule has 0 amide bonds. The molecule has 0 saturated carbocycles. The summed E-state index contributed by atoms with van der Waals surface area (Å²) in [6.07, 6.45) is 0. The van der Waals surface area contributed by atoms with Crippen LogP contribution in [0, 0.1) is 6.92 Å². The zero-order valence-electron chi connectivity index (χ0n) is 12.1. The second-order valence-electron chi connectivity index (χ2n) is 5.31. The molecule has 3 aromatic carbocycles. The first-order valence-electron chi connectivity index (χ1n) is 7.23. The van der Waals surface area contributed by atoms with E-state index in [2.05, 4.69) is 43.3 Å². The summed E-state index contributed by atoms with van der Waals surface area (Å²) in [6, 6.07) is 22.7. The zero-order valence-corrected chi connectivity index (χ0v) is 12.1. The minimum absolute atomic E-state index is 0.299. The molecule has 1 heterocycles. The summed E-state index contributed by atoms with van der Waals surface area (Å²) in [5.41, 5.74) is 5.63. The molecule has 0 aromatic heterocycles. The van der Waals surface area contributed by atoms with Crippen molar-refractivity contribution in [3.8, 4) is 33.8 Å². The Labute approximate surface area is 129 Å². The Bertz CT molecular complexity index is 837. The monoisotopic (exact) mass is 287 g/mol. The van der Waals surface area contributed by atoms with Crippen LogP contribution in [0.25, 0.3) is 22.3 Å². The van der Waals surface area contributed by atoms with Gasteiger partial charge in [0.25, 0.3) is 0 Å². The van der Waals surface area contributed by atoms with Crippen molar-refractivity contribution < 1.29 is 9.47 Å². The van der Waals surface area contributed by atoms with Gasteiger partial charge in [0.2, 0.25) is 6.79 Å². The van der Waals surface area contributed by atoms with Crippen molar-refractivity contribution in [2.24, 2.45) is 0 Å². The molecule has 22 heavy (non-hydrogen) atoms. The average molecular weight is 287 g/mol. The molecular weight excluding hydrogens is 272 g/mol. The molecular formula is C20H15O2. The van der Waals surface area contributed by atoms with E-state index in [-0.39, 0.29) is 0 Å². The molecule has 4 rings (SSSR count). The largest absolute Gasteiger partial charge is 0.454 e. The van der Waals surface area contributed by atoms with Crippen molar-refractivity contribution in [2.45, 2.75) is 0 Å². The third kappa shape index (κ3) is 2.23. The molecule has 0 bridgehead atoms. The Morgan fingerprint density at radius 2 is 1.45 bits per heavy atom. The number of benzene rings is 3. The lowest BCUT2D eigenvalue weighted by Gasteiger charge is -2.09. The number of hydrogen-bond donors (Lipinski definition) is 0. The molecule has 0 unspecified atom stereocenters. The highest BCUT2D eigenvalue weighted by Gasteiger charge is 2.14. The molecule has 0 spiro atoms. The molecule has 1 radical (unpaired) electrons. The molecule has 1 aliphatic heterocycles. The lowest BCUT2D eigenvalue weighted by molar-refractivity contribution is 0.174. The number of hydrogen-bond acceptors (Lipinski definition) is 2. The highest BCUT2D eigenvalue weighted by atomic mass is 16.7. The first kappa shape index (κ1) is 13.0. The summed E-state index contributed by atoms with van der Waals surface area (Å²) < 4.78 is 10.8. The van der Waals surface area contributed by atoms with E-state index in [1.165, 1.54) is 5.56 Å². The molecule has 2 nitrogen and oxygen atoms in total. The number of ether oxygens (including phenoxy) is 2. The summed E-state index contributed by atoms with van der Waals surface area (Å²) in [5, 5.41) is 0. The second-order valence-corrected chi connectivity index (χ2v) is 5.31. The Balaban J connectivity index is 1.78. The van der Waals surface area contributed by atoms with Crippen LogP contribution in [-0.2, 0) is 0 Å². The molecule has 0 fully saturated rings. The van der Waals surface area contributed by atoms with E-state index in [0.717, 1.165) is 33.8 Å². The van der Waals surface area contributed by atoms with Crippen LogP contribution in [0.15, 0.2) is 66.7 Å². The summed E-state index contributed by atoms with van der Waals surface area (Å²) >= 11 is 0. The molecule has 0 N–H and O–H groups in total. The topological polar surface area (TPSA) is 18.5 Å². The van der Waals surface area contributed by atoms with E-state index in [1.54, 1.807) is 0 Å². The van der Waals surface area contributed by atoms with Crippen LogP contribution in [0.5, 0.6) is 11.5 Å². The maximum Gasteiger partial charge on any atom is 0.231 e. The molecule has 0 atom stereocenters. The Morgan fingerprint density at radius 1 is 0.682 bits per heavy atom. The van der Waals surface area contributed by atoms with Gasteiger partial charge in [0.1, 0.15) is 0 Å². The fourth-order valence-corrected chi connectivity index (χ4v) is 2.74. The summed E-state index contributed by atoms with van der Waals surface area (Å²) in [7, 11) is 0. The third-order valence-electron chi connectivity index (χ3n) is 3.90.